The molecule has 0 unspecified atom stereocenters. The fourth-order valence-electron chi connectivity index (χ4n) is 2.91. The second-order valence-electron chi connectivity index (χ2n) is 6.92. The van der Waals surface area contributed by atoms with Crippen molar-refractivity contribution < 1.29 is 37.3 Å². The third-order valence-electron chi connectivity index (χ3n) is 4.64. The molecule has 1 aliphatic heterocycles. The van der Waals surface area contributed by atoms with E-state index in [0.717, 1.165) is 32.1 Å². The lowest BCUT2D eigenvalue weighted by atomic mass is 10.1. The van der Waals surface area contributed by atoms with E-state index >= 15 is 0 Å². The van der Waals surface area contributed by atoms with Crippen LogP contribution in [0.2, 0.25) is 0 Å². The zero-order valence-corrected chi connectivity index (χ0v) is 15.7. The molecular formula is C19H21F3N2O5. The highest BCUT2D eigenvalue weighted by atomic mass is 19.4. The first kappa shape index (κ1) is 21.0. The molecule has 0 saturated heterocycles. The summed E-state index contributed by atoms with van der Waals surface area (Å²) in [5, 5.41) is 11.7. The lowest BCUT2D eigenvalue weighted by Gasteiger charge is -2.16. The molecule has 1 aromatic rings. The quantitative estimate of drug-likeness (QED) is 0.634. The Morgan fingerprint density at radius 3 is 2.62 bits per heavy atom. The first-order valence-electron chi connectivity index (χ1n) is 9.06. The van der Waals surface area contributed by atoms with Crippen LogP contribution in [-0.2, 0) is 20.5 Å². The van der Waals surface area contributed by atoms with Gasteiger partial charge >= 0.3 is 12.1 Å². The summed E-state index contributed by atoms with van der Waals surface area (Å²) in [5.74, 6) is -1.03. The van der Waals surface area contributed by atoms with Crippen molar-refractivity contribution in [1.82, 2.24) is 4.90 Å². The van der Waals surface area contributed by atoms with E-state index in [1.54, 1.807) is 0 Å². The summed E-state index contributed by atoms with van der Waals surface area (Å²) >= 11 is 0. The average molecular weight is 414 g/mol. The number of halogens is 3. The van der Waals surface area contributed by atoms with Gasteiger partial charge in [-0.2, -0.15) is 13.2 Å². The molecule has 0 spiro atoms. The second-order valence-corrected chi connectivity index (χ2v) is 6.92. The van der Waals surface area contributed by atoms with Crippen LogP contribution in [0.4, 0.5) is 18.9 Å². The lowest BCUT2D eigenvalue weighted by molar-refractivity contribution is -0.138. The Balaban J connectivity index is 1.91. The SMILES string of the molecule is COC(=O)C1=C(Nc2cc(OCC3CC3)cc(C(F)(F)F)c2)C(=O)N(CCO)C1. The van der Waals surface area contributed by atoms with Gasteiger partial charge in [-0.15, -0.1) is 0 Å². The molecule has 10 heteroatoms. The molecule has 0 radical (unpaired) electrons. The van der Waals surface area contributed by atoms with Crippen molar-refractivity contribution in [2.45, 2.75) is 19.0 Å². The normalized spacial score (nSPS) is 17.0. The largest absolute Gasteiger partial charge is 0.493 e. The number of anilines is 1. The highest BCUT2D eigenvalue weighted by Crippen LogP contribution is 2.36. The van der Waals surface area contributed by atoms with Crippen molar-refractivity contribution in [2.75, 3.05) is 38.7 Å². The Kier molecular flexibility index (Phi) is 6.02. The Morgan fingerprint density at radius 2 is 2.03 bits per heavy atom. The number of nitrogens with one attached hydrogen (secondary N) is 1. The van der Waals surface area contributed by atoms with E-state index in [2.05, 4.69) is 10.1 Å². The second kappa shape index (κ2) is 8.32. The zero-order valence-electron chi connectivity index (χ0n) is 15.7. The number of aliphatic hydroxyl groups is 1. The molecule has 7 nitrogen and oxygen atoms in total. The number of methoxy groups -OCH3 is 1. The van der Waals surface area contributed by atoms with Gasteiger partial charge in [-0.3, -0.25) is 4.79 Å². The van der Waals surface area contributed by atoms with Crippen LogP contribution in [0, 0.1) is 5.92 Å². The minimum absolute atomic E-state index is 0.0205. The molecule has 1 heterocycles. The molecule has 1 amide bonds. The molecule has 2 aliphatic rings. The number of aliphatic hydroxyl groups excluding tert-OH is 1. The molecule has 1 aromatic carbocycles. The number of esters is 1. The van der Waals surface area contributed by atoms with E-state index in [-0.39, 0.29) is 42.4 Å². The zero-order chi connectivity index (χ0) is 21.2. The van der Waals surface area contributed by atoms with Crippen molar-refractivity contribution in [1.29, 1.82) is 0 Å². The number of carbonyl (C=O) groups is 2. The summed E-state index contributed by atoms with van der Waals surface area (Å²) < 4.78 is 50.0. The molecule has 0 aromatic heterocycles. The summed E-state index contributed by atoms with van der Waals surface area (Å²) in [4.78, 5) is 25.8. The predicted molar refractivity (Wildman–Crippen MR) is 96.0 cm³/mol. The minimum Gasteiger partial charge on any atom is -0.493 e. The monoisotopic (exact) mass is 414 g/mol. The van der Waals surface area contributed by atoms with Crippen LogP contribution in [0.25, 0.3) is 0 Å². The van der Waals surface area contributed by atoms with E-state index in [9.17, 15) is 22.8 Å². The molecule has 1 saturated carbocycles. The Bertz CT molecular complexity index is 834. The average Bonchev–Trinajstić information content (AvgIpc) is 3.46. The van der Waals surface area contributed by atoms with Crippen molar-refractivity contribution in [3.63, 3.8) is 0 Å². The first-order valence-corrected chi connectivity index (χ1v) is 9.06. The van der Waals surface area contributed by atoms with Crippen LogP contribution in [0.15, 0.2) is 29.5 Å². The molecule has 29 heavy (non-hydrogen) atoms. The van der Waals surface area contributed by atoms with Gasteiger partial charge in [-0.1, -0.05) is 0 Å². The van der Waals surface area contributed by atoms with Crippen molar-refractivity contribution in [3.8, 4) is 5.75 Å². The number of benzene rings is 1. The van der Waals surface area contributed by atoms with E-state index in [1.807, 2.05) is 0 Å². The number of alkyl halides is 3. The van der Waals surface area contributed by atoms with E-state index in [1.165, 1.54) is 11.0 Å². The summed E-state index contributed by atoms with van der Waals surface area (Å²) in [6.45, 7) is -0.141. The Hall–Kier alpha value is -2.75. The Labute approximate surface area is 165 Å². The number of rotatable bonds is 8. The molecule has 2 N–H and O–H groups in total. The number of β-amino-alcohol motifs (C(OH)–C–C–N with tert-alkyl or cyclic N) is 1. The fraction of sp³-hybridized carbons (Fsp3) is 0.474. The molecule has 0 atom stereocenters. The standard InChI is InChI=1S/C19H21F3N2O5/c1-28-18(27)15-9-24(4-5-25)17(26)16(15)23-13-6-12(19(20,21)22)7-14(8-13)29-10-11-2-3-11/h6-8,11,23,25H,2-5,9-10H2,1H3. The van der Waals surface area contributed by atoms with Crippen molar-refractivity contribution >= 4 is 17.6 Å². The smallest absolute Gasteiger partial charge is 0.416 e. The minimum atomic E-state index is -4.61. The van der Waals surface area contributed by atoms with E-state index in [0.29, 0.717) is 12.5 Å². The third kappa shape index (κ3) is 5.00. The van der Waals surface area contributed by atoms with E-state index in [4.69, 9.17) is 9.84 Å². The summed E-state index contributed by atoms with van der Waals surface area (Å²) in [5.41, 5.74) is -1.19. The van der Waals surface area contributed by atoms with Crippen LogP contribution >= 0.6 is 0 Å². The van der Waals surface area contributed by atoms with Gasteiger partial charge in [0.1, 0.15) is 11.4 Å². The van der Waals surface area contributed by atoms with Gasteiger partial charge in [-0.25, -0.2) is 4.79 Å². The first-order chi connectivity index (χ1) is 13.7. The number of hydrogen-bond acceptors (Lipinski definition) is 6. The summed E-state index contributed by atoms with van der Waals surface area (Å²) in [6.07, 6.45) is -2.65. The van der Waals surface area contributed by atoms with Crippen LogP contribution in [0.5, 0.6) is 5.75 Å². The highest BCUT2D eigenvalue weighted by molar-refractivity contribution is 6.08. The Morgan fingerprint density at radius 1 is 1.31 bits per heavy atom. The maximum absolute atomic E-state index is 13.3. The maximum atomic E-state index is 13.3. The van der Waals surface area contributed by atoms with Crippen LogP contribution in [0.3, 0.4) is 0 Å². The predicted octanol–water partition coefficient (Wildman–Crippen LogP) is 2.17. The van der Waals surface area contributed by atoms with Gasteiger partial charge < -0.3 is 24.8 Å². The van der Waals surface area contributed by atoms with Crippen LogP contribution in [-0.4, -0.2) is 55.3 Å². The molecule has 0 bridgehead atoms. The topological polar surface area (TPSA) is 88.1 Å². The fourth-order valence-corrected chi connectivity index (χ4v) is 2.91. The van der Waals surface area contributed by atoms with E-state index < -0.39 is 23.6 Å². The molecule has 158 valence electrons. The third-order valence-corrected chi connectivity index (χ3v) is 4.64. The number of ether oxygens (including phenoxy) is 2. The van der Waals surface area contributed by atoms with Gasteiger partial charge in [0, 0.05) is 18.3 Å². The van der Waals surface area contributed by atoms with Crippen LogP contribution in [0.1, 0.15) is 18.4 Å². The number of hydrogen-bond donors (Lipinski definition) is 2. The number of nitrogens with zero attached hydrogens (tertiary/aromatic N) is 1. The van der Waals surface area contributed by atoms with Gasteiger partial charge in [0.25, 0.3) is 5.91 Å². The van der Waals surface area contributed by atoms with Gasteiger partial charge in [0.15, 0.2) is 0 Å². The van der Waals surface area contributed by atoms with Gasteiger partial charge in [-0.05, 0) is 30.9 Å². The number of carbonyl (C=O) groups excluding carboxylic acids is 2. The number of amides is 1. The summed E-state index contributed by atoms with van der Waals surface area (Å²) in [7, 11) is 1.14. The van der Waals surface area contributed by atoms with Crippen LogP contribution < -0.4 is 10.1 Å². The van der Waals surface area contributed by atoms with Crippen molar-refractivity contribution in [2.24, 2.45) is 5.92 Å². The maximum Gasteiger partial charge on any atom is 0.416 e. The molecule has 1 aliphatic carbocycles. The molecular weight excluding hydrogens is 393 g/mol. The molecule has 3 rings (SSSR count). The van der Waals surface area contributed by atoms with Gasteiger partial charge in [0.2, 0.25) is 0 Å². The summed E-state index contributed by atoms with van der Waals surface area (Å²) in [6, 6.07) is 3.09. The highest BCUT2D eigenvalue weighted by Gasteiger charge is 2.36. The molecule has 1 fully saturated rings. The lowest BCUT2D eigenvalue weighted by Crippen LogP contribution is -2.31. The van der Waals surface area contributed by atoms with Gasteiger partial charge in [0.05, 0.1) is 38.0 Å². The van der Waals surface area contributed by atoms with Crippen molar-refractivity contribution in [3.05, 3.63) is 35.0 Å².